The largest absolute Gasteiger partial charge is 0.480 e. The Morgan fingerprint density at radius 2 is 1.52 bits per heavy atom. The highest BCUT2D eigenvalue weighted by Gasteiger charge is 2.31. The summed E-state index contributed by atoms with van der Waals surface area (Å²) in [6, 6.07) is 2.53. The first-order chi connectivity index (χ1) is 12.2. The maximum atomic E-state index is 11.6. The average molecular weight is 383 g/mol. The molecule has 27 heavy (non-hydrogen) atoms. The standard InChI is InChI=1S/C17H25N3O7/c1-16(2,3)11-9-12(19(22)23)14(13(10-11)20(24)25)26-8-7-18-15(21)27-17(4,5)6/h9-10H,7-8H2,1-6H3,(H,18,21). The molecule has 10 heteroatoms. The Bertz CT molecular complexity index is 698. The molecule has 0 saturated heterocycles. The molecule has 1 aromatic carbocycles. The molecule has 1 amide bonds. The molecule has 0 radical (unpaired) electrons. The van der Waals surface area contributed by atoms with Crippen LogP contribution in [-0.2, 0) is 10.2 Å². The maximum absolute atomic E-state index is 11.6. The van der Waals surface area contributed by atoms with Crippen LogP contribution in [0.4, 0.5) is 16.2 Å². The smallest absolute Gasteiger partial charge is 0.407 e. The fourth-order valence-electron chi connectivity index (χ4n) is 2.07. The van der Waals surface area contributed by atoms with Crippen LogP contribution in [0.2, 0.25) is 0 Å². The molecule has 0 atom stereocenters. The minimum Gasteiger partial charge on any atom is -0.480 e. The van der Waals surface area contributed by atoms with Gasteiger partial charge in [0.05, 0.1) is 16.4 Å². The number of alkyl carbamates (subject to hydrolysis) is 1. The first-order valence-electron chi connectivity index (χ1n) is 8.29. The summed E-state index contributed by atoms with van der Waals surface area (Å²) in [6.45, 7) is 10.2. The lowest BCUT2D eigenvalue weighted by Gasteiger charge is -2.20. The quantitative estimate of drug-likeness (QED) is 0.449. The Kier molecular flexibility index (Phi) is 6.71. The van der Waals surface area contributed by atoms with Crippen molar-refractivity contribution in [2.45, 2.75) is 52.6 Å². The first-order valence-corrected chi connectivity index (χ1v) is 8.29. The molecule has 1 aromatic rings. The Morgan fingerprint density at radius 3 is 1.89 bits per heavy atom. The number of benzene rings is 1. The number of hydrogen-bond donors (Lipinski definition) is 1. The number of carbonyl (C=O) groups is 1. The van der Waals surface area contributed by atoms with Crippen molar-refractivity contribution in [3.8, 4) is 5.75 Å². The topological polar surface area (TPSA) is 134 Å². The van der Waals surface area contributed by atoms with Crippen molar-refractivity contribution < 1.29 is 24.1 Å². The highest BCUT2D eigenvalue weighted by molar-refractivity contribution is 5.67. The van der Waals surface area contributed by atoms with E-state index in [2.05, 4.69) is 5.32 Å². The van der Waals surface area contributed by atoms with Crippen molar-refractivity contribution in [2.24, 2.45) is 0 Å². The summed E-state index contributed by atoms with van der Waals surface area (Å²) in [7, 11) is 0. The van der Waals surface area contributed by atoms with Crippen LogP contribution in [0.5, 0.6) is 5.75 Å². The highest BCUT2D eigenvalue weighted by Crippen LogP contribution is 2.41. The molecule has 0 heterocycles. The van der Waals surface area contributed by atoms with E-state index in [1.54, 1.807) is 41.5 Å². The zero-order chi connectivity index (χ0) is 21.0. The second-order valence-corrected chi connectivity index (χ2v) is 7.88. The normalized spacial score (nSPS) is 11.6. The summed E-state index contributed by atoms with van der Waals surface area (Å²) >= 11 is 0. The van der Waals surface area contributed by atoms with Gasteiger partial charge in [0.25, 0.3) is 5.75 Å². The Balaban J connectivity index is 3.01. The van der Waals surface area contributed by atoms with Gasteiger partial charge in [0.2, 0.25) is 0 Å². The van der Waals surface area contributed by atoms with Crippen LogP contribution in [-0.4, -0.2) is 34.7 Å². The van der Waals surface area contributed by atoms with Crippen molar-refractivity contribution in [1.82, 2.24) is 5.32 Å². The lowest BCUT2D eigenvalue weighted by Crippen LogP contribution is -2.34. The van der Waals surface area contributed by atoms with Gasteiger partial charge in [-0.2, -0.15) is 0 Å². The number of amides is 1. The van der Waals surface area contributed by atoms with E-state index in [1.165, 1.54) is 12.1 Å². The third-order valence-corrected chi connectivity index (χ3v) is 3.33. The summed E-state index contributed by atoms with van der Waals surface area (Å²) in [6.07, 6.45) is -0.682. The van der Waals surface area contributed by atoms with E-state index in [-0.39, 0.29) is 13.2 Å². The van der Waals surface area contributed by atoms with Crippen LogP contribution in [0.1, 0.15) is 47.1 Å². The third-order valence-electron chi connectivity index (χ3n) is 3.33. The number of hydrogen-bond acceptors (Lipinski definition) is 7. The van der Waals surface area contributed by atoms with E-state index in [0.717, 1.165) is 0 Å². The zero-order valence-electron chi connectivity index (χ0n) is 16.3. The molecule has 1 N–H and O–H groups in total. The van der Waals surface area contributed by atoms with Gasteiger partial charge in [-0.05, 0) is 31.7 Å². The van der Waals surface area contributed by atoms with E-state index < -0.39 is 44.1 Å². The molecule has 150 valence electrons. The molecule has 0 bridgehead atoms. The van der Waals surface area contributed by atoms with Gasteiger partial charge in [-0.3, -0.25) is 20.2 Å². The molecule has 0 aliphatic rings. The van der Waals surface area contributed by atoms with Crippen LogP contribution in [0.3, 0.4) is 0 Å². The minimum atomic E-state index is -0.723. The predicted octanol–water partition coefficient (Wildman–Crippen LogP) is 3.70. The number of nitro benzene ring substituents is 2. The lowest BCUT2D eigenvalue weighted by molar-refractivity contribution is -0.396. The molecular formula is C17H25N3O7. The van der Waals surface area contributed by atoms with Crippen molar-refractivity contribution >= 4 is 17.5 Å². The Morgan fingerprint density at radius 1 is 1.04 bits per heavy atom. The second-order valence-electron chi connectivity index (χ2n) is 7.88. The number of carbonyl (C=O) groups excluding carboxylic acids is 1. The highest BCUT2D eigenvalue weighted by atomic mass is 16.6. The molecule has 0 aliphatic carbocycles. The third kappa shape index (κ3) is 6.72. The van der Waals surface area contributed by atoms with E-state index in [0.29, 0.717) is 5.56 Å². The summed E-state index contributed by atoms with van der Waals surface area (Å²) in [4.78, 5) is 32.9. The predicted molar refractivity (Wildman–Crippen MR) is 98.2 cm³/mol. The van der Waals surface area contributed by atoms with Gasteiger partial charge in [0.1, 0.15) is 12.2 Å². The molecule has 0 saturated carbocycles. The lowest BCUT2D eigenvalue weighted by atomic mass is 9.86. The van der Waals surface area contributed by atoms with Crippen LogP contribution in [0.25, 0.3) is 0 Å². The van der Waals surface area contributed by atoms with Gasteiger partial charge in [0, 0.05) is 12.1 Å². The average Bonchev–Trinajstić information content (AvgIpc) is 2.47. The van der Waals surface area contributed by atoms with Crippen molar-refractivity contribution in [2.75, 3.05) is 13.2 Å². The Hall–Kier alpha value is -2.91. The number of rotatable bonds is 6. The molecule has 1 rings (SSSR count). The first kappa shape index (κ1) is 22.1. The van der Waals surface area contributed by atoms with Gasteiger partial charge in [0.15, 0.2) is 0 Å². The fraction of sp³-hybridized carbons (Fsp3) is 0.588. The number of nitrogens with one attached hydrogen (secondary N) is 1. The van der Waals surface area contributed by atoms with Crippen molar-refractivity contribution in [3.63, 3.8) is 0 Å². The van der Waals surface area contributed by atoms with E-state index in [4.69, 9.17) is 9.47 Å². The summed E-state index contributed by atoms with van der Waals surface area (Å²) in [5.74, 6) is -0.441. The van der Waals surface area contributed by atoms with Crippen molar-refractivity contribution in [1.29, 1.82) is 0 Å². The molecule has 10 nitrogen and oxygen atoms in total. The van der Waals surface area contributed by atoms with Gasteiger partial charge < -0.3 is 14.8 Å². The number of ether oxygens (including phenoxy) is 2. The minimum absolute atomic E-state index is 0.0375. The molecule has 0 fully saturated rings. The summed E-state index contributed by atoms with van der Waals surface area (Å²) < 4.78 is 10.3. The monoisotopic (exact) mass is 383 g/mol. The van der Waals surface area contributed by atoms with Gasteiger partial charge in [-0.25, -0.2) is 4.79 Å². The fourth-order valence-corrected chi connectivity index (χ4v) is 2.07. The van der Waals surface area contributed by atoms with Crippen LogP contribution in [0.15, 0.2) is 12.1 Å². The van der Waals surface area contributed by atoms with Crippen LogP contribution < -0.4 is 10.1 Å². The van der Waals surface area contributed by atoms with Gasteiger partial charge in [-0.1, -0.05) is 20.8 Å². The summed E-state index contributed by atoms with van der Waals surface area (Å²) in [5, 5.41) is 25.2. The zero-order valence-corrected chi connectivity index (χ0v) is 16.3. The Labute approximate surface area is 157 Å². The van der Waals surface area contributed by atoms with E-state index in [1.807, 2.05) is 0 Å². The SMILES string of the molecule is CC(C)(C)OC(=O)NCCOc1c([N+](=O)[O-])cc(C(C)(C)C)cc1[N+](=O)[O-]. The van der Waals surface area contributed by atoms with E-state index in [9.17, 15) is 25.0 Å². The number of nitrogens with zero attached hydrogens (tertiary/aromatic N) is 2. The molecule has 0 aromatic heterocycles. The van der Waals surface area contributed by atoms with Gasteiger partial charge in [-0.15, -0.1) is 0 Å². The second kappa shape index (κ2) is 8.19. The molecule has 0 unspecified atom stereocenters. The van der Waals surface area contributed by atoms with Gasteiger partial charge >= 0.3 is 17.5 Å². The molecule has 0 aliphatic heterocycles. The van der Waals surface area contributed by atoms with Crippen molar-refractivity contribution in [3.05, 3.63) is 37.9 Å². The van der Waals surface area contributed by atoms with E-state index >= 15 is 0 Å². The number of nitro groups is 2. The molecular weight excluding hydrogens is 358 g/mol. The summed E-state index contributed by atoms with van der Waals surface area (Å²) in [5.41, 5.74) is -1.74. The van der Waals surface area contributed by atoms with Crippen LogP contribution in [0, 0.1) is 20.2 Å². The molecule has 0 spiro atoms. The van der Waals surface area contributed by atoms with Crippen LogP contribution >= 0.6 is 0 Å². The maximum Gasteiger partial charge on any atom is 0.407 e.